The number of carbonyl (C=O) groups excluding carboxylic acids is 2. The van der Waals surface area contributed by atoms with E-state index in [4.69, 9.17) is 0 Å². The van der Waals surface area contributed by atoms with Gasteiger partial charge in [-0.3, -0.25) is 4.79 Å². The highest BCUT2D eigenvalue weighted by molar-refractivity contribution is 5.86. The minimum absolute atomic E-state index is 0.00353. The summed E-state index contributed by atoms with van der Waals surface area (Å²) in [6.45, 7) is 1.72. The lowest BCUT2D eigenvalue weighted by Crippen LogP contribution is -2.31. The van der Waals surface area contributed by atoms with Crippen molar-refractivity contribution in [2.45, 2.75) is 19.4 Å². The van der Waals surface area contributed by atoms with Crippen molar-refractivity contribution >= 4 is 11.9 Å². The van der Waals surface area contributed by atoms with Gasteiger partial charge in [0.15, 0.2) is 5.69 Å². The van der Waals surface area contributed by atoms with Crippen molar-refractivity contribution in [2.24, 2.45) is 0 Å². The van der Waals surface area contributed by atoms with Gasteiger partial charge in [0, 0.05) is 13.1 Å². The second-order valence-electron chi connectivity index (χ2n) is 3.88. The van der Waals surface area contributed by atoms with Crippen LogP contribution >= 0.6 is 0 Å². The first-order chi connectivity index (χ1) is 8.20. The Kier molecular flexibility index (Phi) is 3.36. The largest absolute Gasteiger partial charge is 0.464 e. The van der Waals surface area contributed by atoms with E-state index in [0.717, 1.165) is 25.9 Å². The summed E-state index contributed by atoms with van der Waals surface area (Å²) in [4.78, 5) is 24.7. The molecule has 1 aromatic rings. The highest BCUT2D eigenvalue weighted by Crippen LogP contribution is 2.08. The summed E-state index contributed by atoms with van der Waals surface area (Å²) in [6, 6.07) is 0. The van der Waals surface area contributed by atoms with E-state index in [-0.39, 0.29) is 18.1 Å². The first kappa shape index (κ1) is 11.6. The molecule has 0 saturated carbocycles. The quantitative estimate of drug-likeness (QED) is 0.675. The highest BCUT2D eigenvalue weighted by Gasteiger charge is 2.19. The van der Waals surface area contributed by atoms with Crippen LogP contribution in [0, 0.1) is 0 Å². The Morgan fingerprint density at radius 1 is 1.41 bits per heavy atom. The number of rotatable bonds is 3. The number of methoxy groups -OCH3 is 1. The van der Waals surface area contributed by atoms with Crippen molar-refractivity contribution in [3.05, 3.63) is 11.9 Å². The van der Waals surface area contributed by atoms with E-state index in [1.54, 1.807) is 4.90 Å². The zero-order valence-electron chi connectivity index (χ0n) is 9.63. The maximum absolute atomic E-state index is 11.8. The number of esters is 1. The third kappa shape index (κ3) is 2.61. The normalized spacial score (nSPS) is 15.0. The third-order valence-corrected chi connectivity index (χ3v) is 2.69. The summed E-state index contributed by atoms with van der Waals surface area (Å²) in [5.41, 5.74) is 0.113. The fourth-order valence-corrected chi connectivity index (χ4v) is 1.78. The first-order valence-corrected chi connectivity index (χ1v) is 5.47. The number of nitrogens with zero attached hydrogens (tertiary/aromatic N) is 4. The lowest BCUT2D eigenvalue weighted by molar-refractivity contribution is -0.130. The Hall–Kier alpha value is -1.92. The van der Waals surface area contributed by atoms with Crippen LogP contribution < -0.4 is 0 Å². The van der Waals surface area contributed by atoms with Gasteiger partial charge in [-0.25, -0.2) is 9.48 Å². The number of carbonyl (C=O) groups is 2. The Morgan fingerprint density at radius 2 is 2.12 bits per heavy atom. The van der Waals surface area contributed by atoms with E-state index >= 15 is 0 Å². The number of likely N-dealkylation sites (tertiary alicyclic amines) is 1. The van der Waals surface area contributed by atoms with Crippen LogP contribution in [0.5, 0.6) is 0 Å². The molecule has 92 valence electrons. The molecule has 1 saturated heterocycles. The SMILES string of the molecule is COC(=O)c1cn(CC(=O)N2CCCC2)nn1. The Labute approximate surface area is 98.3 Å². The van der Waals surface area contributed by atoms with E-state index < -0.39 is 5.97 Å². The molecule has 1 aliphatic heterocycles. The van der Waals surface area contributed by atoms with Gasteiger partial charge >= 0.3 is 5.97 Å². The van der Waals surface area contributed by atoms with Crippen LogP contribution in [0.25, 0.3) is 0 Å². The zero-order chi connectivity index (χ0) is 12.3. The molecule has 0 bridgehead atoms. The molecule has 0 N–H and O–H groups in total. The van der Waals surface area contributed by atoms with Crippen molar-refractivity contribution in [1.82, 2.24) is 19.9 Å². The summed E-state index contributed by atoms with van der Waals surface area (Å²) in [7, 11) is 1.27. The van der Waals surface area contributed by atoms with Gasteiger partial charge in [0.2, 0.25) is 5.91 Å². The number of amides is 1. The molecule has 1 aromatic heterocycles. The van der Waals surface area contributed by atoms with Gasteiger partial charge in [-0.2, -0.15) is 0 Å². The van der Waals surface area contributed by atoms with Gasteiger partial charge in [0.1, 0.15) is 6.54 Å². The fraction of sp³-hybridized carbons (Fsp3) is 0.600. The van der Waals surface area contributed by atoms with Gasteiger partial charge in [-0.15, -0.1) is 5.10 Å². The maximum atomic E-state index is 11.8. The molecular formula is C10H14N4O3. The van der Waals surface area contributed by atoms with E-state index in [1.165, 1.54) is 18.0 Å². The molecule has 2 heterocycles. The number of hydrogen-bond acceptors (Lipinski definition) is 5. The van der Waals surface area contributed by atoms with E-state index in [0.29, 0.717) is 0 Å². The molecular weight excluding hydrogens is 224 g/mol. The third-order valence-electron chi connectivity index (χ3n) is 2.69. The smallest absolute Gasteiger partial charge is 0.360 e. The van der Waals surface area contributed by atoms with Crippen LogP contribution in [0.3, 0.4) is 0 Å². The molecule has 1 aliphatic rings. The standard InChI is InChI=1S/C10H14N4O3/c1-17-10(16)8-6-14(12-11-8)7-9(15)13-4-2-3-5-13/h6H,2-5,7H2,1H3. The van der Waals surface area contributed by atoms with Crippen LogP contribution in [-0.4, -0.2) is 52.0 Å². The average Bonchev–Trinajstić information content (AvgIpc) is 2.98. The monoisotopic (exact) mass is 238 g/mol. The summed E-state index contributed by atoms with van der Waals surface area (Å²) in [5.74, 6) is -0.548. The predicted molar refractivity (Wildman–Crippen MR) is 57.2 cm³/mol. The van der Waals surface area contributed by atoms with Gasteiger partial charge < -0.3 is 9.64 Å². The van der Waals surface area contributed by atoms with Crippen molar-refractivity contribution < 1.29 is 14.3 Å². The maximum Gasteiger partial charge on any atom is 0.360 e. The van der Waals surface area contributed by atoms with Crippen molar-refractivity contribution in [2.75, 3.05) is 20.2 Å². The Morgan fingerprint density at radius 3 is 2.76 bits per heavy atom. The van der Waals surface area contributed by atoms with Gasteiger partial charge in [-0.1, -0.05) is 5.21 Å². The molecule has 1 fully saturated rings. The first-order valence-electron chi connectivity index (χ1n) is 5.47. The molecule has 7 heteroatoms. The van der Waals surface area contributed by atoms with Crippen molar-refractivity contribution in [3.8, 4) is 0 Å². The molecule has 0 unspecified atom stereocenters. The number of aromatic nitrogens is 3. The molecule has 0 radical (unpaired) electrons. The van der Waals surface area contributed by atoms with Crippen molar-refractivity contribution in [1.29, 1.82) is 0 Å². The molecule has 7 nitrogen and oxygen atoms in total. The van der Waals surface area contributed by atoms with Gasteiger partial charge in [0.25, 0.3) is 0 Å². The molecule has 0 aliphatic carbocycles. The van der Waals surface area contributed by atoms with Crippen LogP contribution in [0.1, 0.15) is 23.3 Å². The molecule has 0 spiro atoms. The zero-order valence-corrected chi connectivity index (χ0v) is 9.63. The molecule has 0 atom stereocenters. The Bertz CT molecular complexity index is 423. The van der Waals surface area contributed by atoms with Crippen LogP contribution in [0.4, 0.5) is 0 Å². The average molecular weight is 238 g/mol. The lowest BCUT2D eigenvalue weighted by atomic mass is 10.4. The minimum Gasteiger partial charge on any atom is -0.464 e. The summed E-state index contributed by atoms with van der Waals surface area (Å²) < 4.78 is 5.86. The van der Waals surface area contributed by atoms with E-state index in [2.05, 4.69) is 15.0 Å². The molecule has 1 amide bonds. The fourth-order valence-electron chi connectivity index (χ4n) is 1.78. The van der Waals surface area contributed by atoms with Crippen LogP contribution in [0.2, 0.25) is 0 Å². The van der Waals surface area contributed by atoms with Gasteiger partial charge in [0.05, 0.1) is 13.3 Å². The second-order valence-corrected chi connectivity index (χ2v) is 3.88. The van der Waals surface area contributed by atoms with Crippen molar-refractivity contribution in [3.63, 3.8) is 0 Å². The minimum atomic E-state index is -0.551. The molecule has 0 aromatic carbocycles. The molecule has 2 rings (SSSR count). The Balaban J connectivity index is 1.96. The summed E-state index contributed by atoms with van der Waals surface area (Å²) in [5, 5.41) is 7.35. The van der Waals surface area contributed by atoms with E-state index in [1.807, 2.05) is 0 Å². The topological polar surface area (TPSA) is 77.3 Å². The summed E-state index contributed by atoms with van der Waals surface area (Å²) in [6.07, 6.45) is 3.52. The predicted octanol–water partition coefficient (Wildman–Crippen LogP) is -0.313. The lowest BCUT2D eigenvalue weighted by Gasteiger charge is -2.14. The van der Waals surface area contributed by atoms with E-state index in [9.17, 15) is 9.59 Å². The summed E-state index contributed by atoms with van der Waals surface area (Å²) >= 11 is 0. The number of hydrogen-bond donors (Lipinski definition) is 0. The molecule has 17 heavy (non-hydrogen) atoms. The highest BCUT2D eigenvalue weighted by atomic mass is 16.5. The second kappa shape index (κ2) is 4.94. The van der Waals surface area contributed by atoms with Gasteiger partial charge in [-0.05, 0) is 12.8 Å². The van der Waals surface area contributed by atoms with Crippen LogP contribution in [0.15, 0.2) is 6.20 Å². The number of ether oxygens (including phenoxy) is 1. The van der Waals surface area contributed by atoms with Crippen LogP contribution in [-0.2, 0) is 16.1 Å².